The van der Waals surface area contributed by atoms with E-state index in [0.717, 1.165) is 47.2 Å². The minimum absolute atomic E-state index is 0.000832. The molecule has 18 rings (SSSR count). The minimum atomic E-state index is -0.651. The lowest BCUT2D eigenvalue weighted by molar-refractivity contribution is -0.150. The molecule has 2 unspecified atom stereocenters. The predicted octanol–water partition coefficient (Wildman–Crippen LogP) is 22.7. The van der Waals surface area contributed by atoms with E-state index in [0.29, 0.717) is 125 Å². The normalized spacial score (nSPS) is 13.1. The molecule has 5 aliphatic carbocycles. The molecule has 0 saturated carbocycles. The highest BCUT2D eigenvalue weighted by atomic mass is 16.6. The maximum absolute atomic E-state index is 13.2. The number of hydrogen-bond acceptors (Lipinski definition) is 21. The van der Waals surface area contributed by atoms with E-state index >= 15 is 0 Å². The molecule has 0 aliphatic heterocycles. The molecular formula is C125H113N3O21. The number of carbonyl (C=O) groups excluding carboxylic acids is 18. The van der Waals surface area contributed by atoms with Crippen LogP contribution in [0.4, 0.5) is 17.1 Å². The first-order valence-electron chi connectivity index (χ1n) is 49.6. The van der Waals surface area contributed by atoms with Gasteiger partial charge < -0.3 is 30.2 Å². The lowest BCUT2D eigenvalue weighted by Crippen LogP contribution is -2.29. The third-order valence-corrected chi connectivity index (χ3v) is 27.9. The van der Waals surface area contributed by atoms with Gasteiger partial charge in [-0.3, -0.25) is 81.5 Å². The first-order valence-corrected chi connectivity index (χ1v) is 49.6. The smallest absolute Gasteiger partial charge is 0.338 e. The number of hydrogen-bond donors (Lipinski definition) is 3. The topological polar surface area (TPSA) is 371 Å². The fourth-order valence-corrected chi connectivity index (χ4v) is 16.8. The van der Waals surface area contributed by atoms with Gasteiger partial charge in [-0.2, -0.15) is 0 Å². The molecule has 0 heterocycles. The molecule has 3 amide bonds. The van der Waals surface area contributed by atoms with E-state index in [4.69, 9.17) is 14.2 Å². The van der Waals surface area contributed by atoms with Crippen molar-refractivity contribution >= 4 is 122 Å². The van der Waals surface area contributed by atoms with Crippen LogP contribution in [0.5, 0.6) is 0 Å². The number of rotatable bonds is 27. The van der Waals surface area contributed by atoms with Gasteiger partial charge in [0.1, 0.15) is 19.8 Å². The number of nitrogens with one attached hydrogen (secondary N) is 3. The molecule has 13 aromatic carbocycles. The summed E-state index contributed by atoms with van der Waals surface area (Å²) in [6, 6.07) is 80.0. The number of carbonyl (C=O) groups is 18. The summed E-state index contributed by atoms with van der Waals surface area (Å²) in [7, 11) is 0. The summed E-state index contributed by atoms with van der Waals surface area (Å²) in [5.74, 6) is -4.20. The lowest BCUT2D eigenvalue weighted by Gasteiger charge is -2.21. The summed E-state index contributed by atoms with van der Waals surface area (Å²) in [5.41, 5.74) is 12.9. The second-order valence-electron chi connectivity index (χ2n) is 39.1. The number of ketones is 12. The van der Waals surface area contributed by atoms with Gasteiger partial charge in [0.05, 0.1) is 17.4 Å². The Balaban J connectivity index is 0.000000147. The molecule has 754 valence electrons. The number of amides is 3. The van der Waals surface area contributed by atoms with Gasteiger partial charge >= 0.3 is 17.9 Å². The summed E-state index contributed by atoms with van der Waals surface area (Å²) in [6.45, 7) is 24.7. The standard InChI is InChI=1S/2C28H25NO4.C27H25NO3.C22H20O6.C20H18O4/c1-4-28(2,3)27(33)29-18-14-12-17(13-15-18)16-23(30)21-10-7-11-22-24(21)26(32)20-9-6-5-8-19(20)25(22)31;1-4-28(2,3)27(33)29-19-12-9-17(10-13-19)15-24(30)18-11-14-22-23(16-18)26(32)21-8-6-5-7-20(21)25(22)31;1-4-27(2,3)26(31)28-19-12-9-17(10-13-19)15-18-11-14-22-23(16-18)25(30)21-8-6-5-7-20(21)24(22)29;1-3-13(2)21(25)27-10-11-28-22(26)14-8-9-17-18(12-14)20(24)16-7-5-4-6-15(16)19(17)23;1-3-12(2)20(23)24-11-13-8-9-16-17(10-13)19(22)15-7-5-4-6-14(15)18(16)21/h5-15H,4,16H2,1-3H3,(H,29,33);5-14,16H,4,15H2,1-3H3,(H,29,33);5-14,16H,4,15H2,1-3H3,(H,28,31);4-9,12-13H,3,10-11H2,1-2H3;4-10,12H,3,11H2,1-2H3. The fraction of sp³-hybridized carbons (Fsp3) is 0.232. The Labute approximate surface area is 863 Å². The second-order valence-corrected chi connectivity index (χ2v) is 39.1. The minimum Gasteiger partial charge on any atom is -0.462 e. The van der Waals surface area contributed by atoms with E-state index in [1.54, 1.807) is 231 Å². The third-order valence-electron chi connectivity index (χ3n) is 27.9. The van der Waals surface area contributed by atoms with E-state index in [1.807, 2.05) is 119 Å². The molecule has 24 nitrogen and oxygen atoms in total. The van der Waals surface area contributed by atoms with Crippen LogP contribution in [0.1, 0.15) is 340 Å². The Morgan fingerprint density at radius 2 is 0.537 bits per heavy atom. The number of Topliss-reactive ketones (excluding diaryl/α,β-unsaturated/α-hetero) is 2. The van der Waals surface area contributed by atoms with Crippen molar-refractivity contribution in [3.8, 4) is 0 Å². The zero-order valence-corrected chi connectivity index (χ0v) is 85.1. The fourth-order valence-electron chi connectivity index (χ4n) is 16.8. The molecule has 3 N–H and O–H groups in total. The summed E-state index contributed by atoms with van der Waals surface area (Å²) < 4.78 is 15.4. The Kier molecular flexibility index (Phi) is 33.5. The SMILES string of the molecule is CCC(C)(C)C(=O)Nc1ccc(CC(=O)c2ccc3c(c2)C(=O)c2ccccc2C3=O)cc1.CCC(C)(C)C(=O)Nc1ccc(CC(=O)c2cccc3c2C(=O)c2ccccc2C3=O)cc1.CCC(C)(C)C(=O)Nc1ccc(Cc2ccc3c(c2)C(=O)c2ccccc2C3=O)cc1.CCC(C)C(=O)OCCOC(=O)c1ccc2c(c1)C(=O)c1ccccc1C2=O.CCC(C)C(=O)OCc1ccc2c(c1)C(=O)c1ccccc1C2=O. The number of ether oxygens (including phenoxy) is 3. The van der Waals surface area contributed by atoms with Gasteiger partial charge in [0, 0.05) is 169 Å². The van der Waals surface area contributed by atoms with Crippen LogP contribution in [0.3, 0.4) is 0 Å². The number of anilines is 3. The lowest BCUT2D eigenvalue weighted by atomic mass is 9.80. The van der Waals surface area contributed by atoms with E-state index in [2.05, 4.69) is 16.0 Å². The van der Waals surface area contributed by atoms with E-state index in [1.165, 1.54) is 24.3 Å². The Morgan fingerprint density at radius 1 is 0.262 bits per heavy atom. The van der Waals surface area contributed by atoms with Crippen LogP contribution in [-0.2, 0) is 64.1 Å². The molecule has 5 aliphatic rings. The third kappa shape index (κ3) is 24.0. The summed E-state index contributed by atoms with van der Waals surface area (Å²) in [6.07, 6.45) is 4.45. The molecular weight excluding hydrogens is 1880 g/mol. The first-order chi connectivity index (χ1) is 71.2. The van der Waals surface area contributed by atoms with Crippen LogP contribution in [-0.4, -0.2) is 118 Å². The Hall–Kier alpha value is -17.3. The van der Waals surface area contributed by atoms with Crippen LogP contribution in [0, 0.1) is 28.1 Å². The summed E-state index contributed by atoms with van der Waals surface area (Å²) in [5, 5.41) is 8.77. The maximum Gasteiger partial charge on any atom is 0.338 e. The van der Waals surface area contributed by atoms with Crippen molar-refractivity contribution in [1.29, 1.82) is 0 Å². The highest BCUT2D eigenvalue weighted by Crippen LogP contribution is 2.38. The van der Waals surface area contributed by atoms with Crippen molar-refractivity contribution in [3.05, 3.63) is 441 Å². The largest absolute Gasteiger partial charge is 0.462 e. The summed E-state index contributed by atoms with van der Waals surface area (Å²) >= 11 is 0. The molecule has 24 heteroatoms. The van der Waals surface area contributed by atoms with E-state index < -0.39 is 22.2 Å². The van der Waals surface area contributed by atoms with Crippen molar-refractivity contribution in [2.75, 3.05) is 29.2 Å². The zero-order chi connectivity index (χ0) is 107. The van der Waals surface area contributed by atoms with Gasteiger partial charge in [-0.15, -0.1) is 0 Å². The van der Waals surface area contributed by atoms with Crippen LogP contribution in [0.25, 0.3) is 0 Å². The van der Waals surface area contributed by atoms with Crippen molar-refractivity contribution in [1.82, 2.24) is 0 Å². The quantitative estimate of drug-likeness (QED) is 0.0186. The van der Waals surface area contributed by atoms with Crippen molar-refractivity contribution in [3.63, 3.8) is 0 Å². The van der Waals surface area contributed by atoms with Gasteiger partial charge in [0.15, 0.2) is 69.4 Å². The molecule has 149 heavy (non-hydrogen) atoms. The Morgan fingerprint density at radius 3 is 0.906 bits per heavy atom. The predicted molar refractivity (Wildman–Crippen MR) is 565 cm³/mol. The Bertz CT molecular complexity index is 7600. The molecule has 0 bridgehead atoms. The first kappa shape index (κ1) is 107. The second kappa shape index (κ2) is 46.4. The van der Waals surface area contributed by atoms with Gasteiger partial charge in [-0.05, 0) is 151 Å². The number of esters is 3. The van der Waals surface area contributed by atoms with Crippen LogP contribution in [0.15, 0.2) is 285 Å². The molecule has 0 saturated heterocycles. The molecule has 0 aromatic heterocycles. The monoisotopic (exact) mass is 1990 g/mol. The van der Waals surface area contributed by atoms with Crippen LogP contribution >= 0.6 is 0 Å². The van der Waals surface area contributed by atoms with Crippen LogP contribution in [0.2, 0.25) is 0 Å². The molecule has 0 spiro atoms. The molecule has 0 fully saturated rings. The van der Waals surface area contributed by atoms with E-state index in [9.17, 15) is 86.3 Å². The number of fused-ring (bicyclic) bond motifs is 10. The molecule has 2 atom stereocenters. The van der Waals surface area contributed by atoms with Crippen molar-refractivity contribution < 1.29 is 101 Å². The number of benzene rings is 13. The van der Waals surface area contributed by atoms with Gasteiger partial charge in [0.2, 0.25) is 17.7 Å². The maximum atomic E-state index is 13.2. The van der Waals surface area contributed by atoms with Gasteiger partial charge in [-0.1, -0.05) is 290 Å². The van der Waals surface area contributed by atoms with Gasteiger partial charge in [-0.25, -0.2) is 4.79 Å². The van der Waals surface area contributed by atoms with Gasteiger partial charge in [0.25, 0.3) is 0 Å². The average Bonchev–Trinajstić information content (AvgIpc) is 0.739. The molecule has 0 radical (unpaired) electrons. The highest BCUT2D eigenvalue weighted by Gasteiger charge is 2.38. The zero-order valence-electron chi connectivity index (χ0n) is 85.1. The van der Waals surface area contributed by atoms with E-state index in [-0.39, 0.29) is 183 Å². The highest BCUT2D eigenvalue weighted by molar-refractivity contribution is 6.33. The summed E-state index contributed by atoms with van der Waals surface area (Å²) in [4.78, 5) is 227. The van der Waals surface area contributed by atoms with Crippen LogP contribution < -0.4 is 16.0 Å². The molecule has 13 aromatic rings. The van der Waals surface area contributed by atoms with Crippen molar-refractivity contribution in [2.45, 2.75) is 148 Å². The van der Waals surface area contributed by atoms with Crippen molar-refractivity contribution in [2.24, 2.45) is 28.1 Å². The average molecular weight is 1990 g/mol.